The lowest BCUT2D eigenvalue weighted by atomic mass is 9.99. The first-order valence-corrected chi connectivity index (χ1v) is 6.53. The van der Waals surface area contributed by atoms with Crippen LogP contribution in [0, 0.1) is 0 Å². The Balaban J connectivity index is 2.39. The lowest BCUT2D eigenvalue weighted by molar-refractivity contribution is 0.539. The summed E-state index contributed by atoms with van der Waals surface area (Å²) in [4.78, 5) is 4.35. The summed E-state index contributed by atoms with van der Waals surface area (Å²) in [6.07, 6.45) is 7.92. The topological polar surface area (TPSA) is 24.9 Å². The van der Waals surface area contributed by atoms with Gasteiger partial charge in [-0.2, -0.15) is 0 Å². The zero-order valence-corrected chi connectivity index (χ0v) is 10.9. The average molecular weight is 240 g/mol. The van der Waals surface area contributed by atoms with Gasteiger partial charge in [0, 0.05) is 23.8 Å². The maximum Gasteiger partial charge on any atom is 0.0376 e. The molecule has 2 nitrogen and oxygen atoms in total. The van der Waals surface area contributed by atoms with Crippen molar-refractivity contribution in [1.82, 2.24) is 10.3 Å². The highest BCUT2D eigenvalue weighted by Crippen LogP contribution is 2.25. The van der Waals surface area contributed by atoms with E-state index >= 15 is 0 Å². The molecule has 1 aromatic carbocycles. The van der Waals surface area contributed by atoms with Crippen molar-refractivity contribution in [3.8, 4) is 0 Å². The van der Waals surface area contributed by atoms with Gasteiger partial charge in [-0.3, -0.25) is 4.98 Å². The number of pyridine rings is 1. The molecule has 1 N–H and O–H groups in total. The van der Waals surface area contributed by atoms with Crippen molar-refractivity contribution in [2.24, 2.45) is 0 Å². The summed E-state index contributed by atoms with van der Waals surface area (Å²) >= 11 is 0. The Bertz CT molecular complexity index is 514. The Labute approximate surface area is 109 Å². The Morgan fingerprint density at radius 1 is 1.33 bits per heavy atom. The van der Waals surface area contributed by atoms with Crippen molar-refractivity contribution in [2.45, 2.75) is 25.8 Å². The molecule has 0 aliphatic rings. The third-order valence-corrected chi connectivity index (χ3v) is 3.12. The second kappa shape index (κ2) is 6.31. The van der Waals surface area contributed by atoms with Gasteiger partial charge in [-0.25, -0.2) is 0 Å². The second-order valence-electron chi connectivity index (χ2n) is 4.48. The van der Waals surface area contributed by atoms with E-state index in [-0.39, 0.29) is 0 Å². The quantitative estimate of drug-likeness (QED) is 0.776. The van der Waals surface area contributed by atoms with Gasteiger partial charge in [0.05, 0.1) is 0 Å². The Hall–Kier alpha value is -1.67. The maximum atomic E-state index is 4.35. The molecule has 1 aromatic heterocycles. The van der Waals surface area contributed by atoms with Crippen LogP contribution in [0.2, 0.25) is 0 Å². The first-order valence-electron chi connectivity index (χ1n) is 6.53. The fourth-order valence-electron chi connectivity index (χ4n) is 2.22. The zero-order valence-electron chi connectivity index (χ0n) is 10.9. The van der Waals surface area contributed by atoms with E-state index in [0.29, 0.717) is 6.04 Å². The van der Waals surface area contributed by atoms with Gasteiger partial charge in [0.15, 0.2) is 0 Å². The molecule has 18 heavy (non-hydrogen) atoms. The summed E-state index contributed by atoms with van der Waals surface area (Å²) in [6, 6.07) is 8.71. The molecule has 0 fully saturated rings. The van der Waals surface area contributed by atoms with Gasteiger partial charge in [-0.15, -0.1) is 6.58 Å². The van der Waals surface area contributed by atoms with E-state index in [1.807, 2.05) is 18.5 Å². The number of benzene rings is 1. The fourth-order valence-corrected chi connectivity index (χ4v) is 2.22. The largest absolute Gasteiger partial charge is 0.310 e. The Morgan fingerprint density at radius 2 is 2.17 bits per heavy atom. The molecule has 0 aliphatic carbocycles. The minimum Gasteiger partial charge on any atom is -0.310 e. The van der Waals surface area contributed by atoms with Crippen molar-refractivity contribution in [2.75, 3.05) is 6.54 Å². The van der Waals surface area contributed by atoms with Gasteiger partial charge < -0.3 is 5.32 Å². The number of nitrogens with zero attached hydrogens (tertiary/aromatic N) is 1. The first-order chi connectivity index (χ1) is 8.86. The number of hydrogen-bond acceptors (Lipinski definition) is 2. The molecule has 1 heterocycles. The van der Waals surface area contributed by atoms with Crippen LogP contribution < -0.4 is 5.32 Å². The molecule has 2 heteroatoms. The van der Waals surface area contributed by atoms with Crippen LogP contribution in [0.1, 0.15) is 31.4 Å². The summed E-state index contributed by atoms with van der Waals surface area (Å²) in [6.45, 7) is 7.05. The van der Waals surface area contributed by atoms with Crippen molar-refractivity contribution < 1.29 is 0 Å². The van der Waals surface area contributed by atoms with Crippen LogP contribution in [0.3, 0.4) is 0 Å². The molecule has 1 unspecified atom stereocenters. The lowest BCUT2D eigenvalue weighted by Crippen LogP contribution is -2.22. The van der Waals surface area contributed by atoms with Gasteiger partial charge in [0.1, 0.15) is 0 Å². The van der Waals surface area contributed by atoms with E-state index in [1.54, 1.807) is 0 Å². The highest BCUT2D eigenvalue weighted by molar-refractivity contribution is 5.85. The average Bonchev–Trinajstić information content (AvgIpc) is 2.43. The smallest absolute Gasteiger partial charge is 0.0376 e. The fraction of sp³-hybridized carbons (Fsp3) is 0.312. The highest BCUT2D eigenvalue weighted by atomic mass is 14.9. The minimum absolute atomic E-state index is 0.307. The molecular weight excluding hydrogens is 220 g/mol. The molecule has 0 aliphatic heterocycles. The molecule has 0 saturated carbocycles. The first kappa shape index (κ1) is 12.8. The van der Waals surface area contributed by atoms with Crippen LogP contribution in [0.4, 0.5) is 0 Å². The normalized spacial score (nSPS) is 12.5. The summed E-state index contributed by atoms with van der Waals surface area (Å²) in [5, 5.41) is 6.04. The maximum absolute atomic E-state index is 4.35. The van der Waals surface area contributed by atoms with Crippen LogP contribution >= 0.6 is 0 Å². The molecule has 0 radical (unpaired) electrons. The van der Waals surface area contributed by atoms with Crippen molar-refractivity contribution >= 4 is 10.8 Å². The lowest BCUT2D eigenvalue weighted by Gasteiger charge is -2.18. The molecule has 94 valence electrons. The third kappa shape index (κ3) is 2.77. The molecule has 0 saturated heterocycles. The molecule has 0 amide bonds. The molecular formula is C16H20N2. The molecule has 2 aromatic rings. The molecule has 0 spiro atoms. The van der Waals surface area contributed by atoms with E-state index in [4.69, 9.17) is 0 Å². The SMILES string of the molecule is C=CCC(NCCC)c1cncc2ccccc12. The zero-order chi connectivity index (χ0) is 12.8. The van der Waals surface area contributed by atoms with E-state index < -0.39 is 0 Å². The summed E-state index contributed by atoms with van der Waals surface area (Å²) in [5.41, 5.74) is 1.27. The van der Waals surface area contributed by atoms with Crippen LogP contribution in [0.25, 0.3) is 10.8 Å². The number of fused-ring (bicyclic) bond motifs is 1. The Kier molecular flexibility index (Phi) is 4.48. The van der Waals surface area contributed by atoms with E-state index in [0.717, 1.165) is 19.4 Å². The second-order valence-corrected chi connectivity index (χ2v) is 4.48. The number of hydrogen-bond donors (Lipinski definition) is 1. The van der Waals surface area contributed by atoms with Gasteiger partial charge in [-0.05, 0) is 30.3 Å². The third-order valence-electron chi connectivity index (χ3n) is 3.12. The summed E-state index contributed by atoms with van der Waals surface area (Å²) in [5.74, 6) is 0. The predicted molar refractivity (Wildman–Crippen MR) is 77.6 cm³/mol. The number of aromatic nitrogens is 1. The standard InChI is InChI=1S/C16H20N2/c1-3-7-16(18-10-4-2)15-12-17-11-13-8-5-6-9-14(13)15/h3,5-6,8-9,11-12,16,18H,1,4,7,10H2,2H3. The molecule has 1 atom stereocenters. The van der Waals surface area contributed by atoms with Crippen molar-refractivity contribution in [3.63, 3.8) is 0 Å². The van der Waals surface area contributed by atoms with E-state index in [1.165, 1.54) is 16.3 Å². The van der Waals surface area contributed by atoms with Gasteiger partial charge >= 0.3 is 0 Å². The summed E-state index contributed by atoms with van der Waals surface area (Å²) < 4.78 is 0. The van der Waals surface area contributed by atoms with E-state index in [2.05, 4.69) is 48.1 Å². The highest BCUT2D eigenvalue weighted by Gasteiger charge is 2.12. The number of rotatable bonds is 6. The van der Waals surface area contributed by atoms with Gasteiger partial charge in [0.2, 0.25) is 0 Å². The summed E-state index contributed by atoms with van der Waals surface area (Å²) in [7, 11) is 0. The van der Waals surface area contributed by atoms with E-state index in [9.17, 15) is 0 Å². The predicted octanol–water partition coefficient (Wildman–Crippen LogP) is 3.85. The van der Waals surface area contributed by atoms with Crippen molar-refractivity contribution in [1.29, 1.82) is 0 Å². The van der Waals surface area contributed by atoms with Crippen LogP contribution in [0.5, 0.6) is 0 Å². The van der Waals surface area contributed by atoms with Gasteiger partial charge in [0.25, 0.3) is 0 Å². The van der Waals surface area contributed by atoms with Crippen LogP contribution in [-0.2, 0) is 0 Å². The van der Waals surface area contributed by atoms with Crippen LogP contribution in [-0.4, -0.2) is 11.5 Å². The molecule has 0 bridgehead atoms. The molecule has 2 rings (SSSR count). The minimum atomic E-state index is 0.307. The van der Waals surface area contributed by atoms with Crippen molar-refractivity contribution in [3.05, 3.63) is 54.9 Å². The van der Waals surface area contributed by atoms with Crippen LogP contribution in [0.15, 0.2) is 49.3 Å². The Morgan fingerprint density at radius 3 is 2.94 bits per heavy atom. The monoisotopic (exact) mass is 240 g/mol. The number of nitrogens with one attached hydrogen (secondary N) is 1. The van der Waals surface area contributed by atoms with Gasteiger partial charge in [-0.1, -0.05) is 37.3 Å².